The number of esters is 1. The Kier molecular flexibility index (Phi) is 3.37. The van der Waals surface area contributed by atoms with Crippen LogP contribution in [0.5, 0.6) is 0 Å². The topological polar surface area (TPSA) is 74.3 Å². The van der Waals surface area contributed by atoms with E-state index >= 15 is 0 Å². The molecule has 16 heavy (non-hydrogen) atoms. The van der Waals surface area contributed by atoms with Gasteiger partial charge in [0.1, 0.15) is 12.1 Å². The third-order valence-corrected chi connectivity index (χ3v) is 1.73. The van der Waals surface area contributed by atoms with Gasteiger partial charge in [-0.25, -0.2) is 0 Å². The highest BCUT2D eigenvalue weighted by atomic mass is 16.6. The molecule has 2 N–H and O–H groups in total. The predicted octanol–water partition coefficient (Wildman–Crippen LogP) is 0.772. The monoisotopic (exact) mass is 224 g/mol. The fraction of sp³-hybridized carbons (Fsp3) is 0.455. The standard InChI is InChI=1S/C11H16N2O3/c1-11(2,3)16-10(15)7-13-6-8(12)4-5-9(13)14/h4-6H,7,12H2,1-3H3. The first-order valence-electron chi connectivity index (χ1n) is 4.96. The summed E-state index contributed by atoms with van der Waals surface area (Å²) in [4.78, 5) is 22.8. The summed E-state index contributed by atoms with van der Waals surface area (Å²) in [7, 11) is 0. The average molecular weight is 224 g/mol. The molecule has 5 heteroatoms. The zero-order valence-corrected chi connectivity index (χ0v) is 9.69. The Bertz CT molecular complexity index is 443. The van der Waals surface area contributed by atoms with Crippen molar-refractivity contribution in [3.8, 4) is 0 Å². The highest BCUT2D eigenvalue weighted by molar-refractivity contribution is 5.69. The number of anilines is 1. The summed E-state index contributed by atoms with van der Waals surface area (Å²) >= 11 is 0. The maximum absolute atomic E-state index is 11.5. The van der Waals surface area contributed by atoms with Gasteiger partial charge in [0.25, 0.3) is 5.56 Å². The number of nitrogen functional groups attached to an aromatic ring is 1. The fourth-order valence-electron chi connectivity index (χ4n) is 1.19. The number of hydrogen-bond donors (Lipinski definition) is 1. The molecule has 1 aromatic rings. The minimum Gasteiger partial charge on any atom is -0.459 e. The Labute approximate surface area is 93.8 Å². The molecule has 0 aliphatic heterocycles. The van der Waals surface area contributed by atoms with Gasteiger partial charge in [-0.3, -0.25) is 9.59 Å². The van der Waals surface area contributed by atoms with Gasteiger partial charge in [-0.15, -0.1) is 0 Å². The van der Waals surface area contributed by atoms with E-state index in [1.165, 1.54) is 22.9 Å². The molecule has 5 nitrogen and oxygen atoms in total. The number of carbonyl (C=O) groups is 1. The van der Waals surface area contributed by atoms with Crippen molar-refractivity contribution in [3.05, 3.63) is 28.7 Å². The predicted molar refractivity (Wildman–Crippen MR) is 61.0 cm³/mol. The third-order valence-electron chi connectivity index (χ3n) is 1.73. The zero-order valence-electron chi connectivity index (χ0n) is 9.69. The maximum atomic E-state index is 11.5. The SMILES string of the molecule is CC(C)(C)OC(=O)Cn1cc(N)ccc1=O. The van der Waals surface area contributed by atoms with Gasteiger partial charge in [-0.05, 0) is 26.8 Å². The van der Waals surface area contributed by atoms with Crippen molar-refractivity contribution < 1.29 is 9.53 Å². The number of ether oxygens (including phenoxy) is 1. The van der Waals surface area contributed by atoms with Gasteiger partial charge in [-0.1, -0.05) is 0 Å². The minimum atomic E-state index is -0.555. The van der Waals surface area contributed by atoms with Gasteiger partial charge in [0.2, 0.25) is 0 Å². The van der Waals surface area contributed by atoms with Crippen molar-refractivity contribution in [1.82, 2.24) is 4.57 Å². The molecule has 0 saturated heterocycles. The number of rotatable bonds is 2. The van der Waals surface area contributed by atoms with Crippen molar-refractivity contribution in [2.24, 2.45) is 0 Å². The van der Waals surface area contributed by atoms with Crippen LogP contribution in [-0.2, 0) is 16.1 Å². The molecule has 0 spiro atoms. The van der Waals surface area contributed by atoms with Crippen molar-refractivity contribution in [2.75, 3.05) is 5.73 Å². The molecule has 0 saturated carbocycles. The summed E-state index contributed by atoms with van der Waals surface area (Å²) in [5.74, 6) is -0.458. The molecule has 0 amide bonds. The molecule has 0 aliphatic carbocycles. The highest BCUT2D eigenvalue weighted by Crippen LogP contribution is 2.07. The summed E-state index contributed by atoms with van der Waals surface area (Å²) in [6.45, 7) is 5.19. The maximum Gasteiger partial charge on any atom is 0.326 e. The molecule has 1 heterocycles. The normalized spacial score (nSPS) is 11.2. The average Bonchev–Trinajstić information content (AvgIpc) is 2.08. The highest BCUT2D eigenvalue weighted by Gasteiger charge is 2.16. The van der Waals surface area contributed by atoms with E-state index in [9.17, 15) is 9.59 Å². The largest absolute Gasteiger partial charge is 0.459 e. The number of pyridine rings is 1. The van der Waals surface area contributed by atoms with Crippen LogP contribution in [0.2, 0.25) is 0 Å². The summed E-state index contributed by atoms with van der Waals surface area (Å²) in [5.41, 5.74) is 5.12. The molecule has 0 radical (unpaired) electrons. The Balaban J connectivity index is 2.77. The van der Waals surface area contributed by atoms with Gasteiger partial charge >= 0.3 is 5.97 Å². The van der Waals surface area contributed by atoms with Crippen LogP contribution >= 0.6 is 0 Å². The molecule has 0 atom stereocenters. The van der Waals surface area contributed by atoms with Crippen LogP contribution in [0.3, 0.4) is 0 Å². The van der Waals surface area contributed by atoms with Gasteiger partial charge in [0.15, 0.2) is 0 Å². The van der Waals surface area contributed by atoms with E-state index in [4.69, 9.17) is 10.5 Å². The first-order valence-corrected chi connectivity index (χ1v) is 4.96. The lowest BCUT2D eigenvalue weighted by atomic mass is 10.2. The second-order valence-corrected chi connectivity index (χ2v) is 4.52. The number of carbonyl (C=O) groups excluding carboxylic acids is 1. The number of nitrogens with zero attached hydrogens (tertiary/aromatic N) is 1. The lowest BCUT2D eigenvalue weighted by Gasteiger charge is -2.19. The van der Waals surface area contributed by atoms with Crippen LogP contribution in [0.4, 0.5) is 5.69 Å². The second kappa shape index (κ2) is 4.38. The molecule has 1 aromatic heterocycles. The van der Waals surface area contributed by atoms with Crippen LogP contribution in [0, 0.1) is 0 Å². The molecular formula is C11H16N2O3. The molecule has 0 bridgehead atoms. The lowest BCUT2D eigenvalue weighted by molar-refractivity contribution is -0.155. The van der Waals surface area contributed by atoms with Crippen LogP contribution < -0.4 is 11.3 Å². The Morgan fingerprint density at radius 1 is 1.44 bits per heavy atom. The van der Waals surface area contributed by atoms with E-state index in [2.05, 4.69) is 0 Å². The smallest absolute Gasteiger partial charge is 0.326 e. The third kappa shape index (κ3) is 3.76. The summed E-state index contributed by atoms with van der Waals surface area (Å²) in [6.07, 6.45) is 1.42. The lowest BCUT2D eigenvalue weighted by Crippen LogP contribution is -2.30. The van der Waals surface area contributed by atoms with Crippen LogP contribution in [0.1, 0.15) is 20.8 Å². The van der Waals surface area contributed by atoms with E-state index in [0.29, 0.717) is 5.69 Å². The summed E-state index contributed by atoms with van der Waals surface area (Å²) in [6, 6.07) is 2.81. The van der Waals surface area contributed by atoms with E-state index in [1.54, 1.807) is 20.8 Å². The van der Waals surface area contributed by atoms with Gasteiger partial charge in [-0.2, -0.15) is 0 Å². The van der Waals surface area contributed by atoms with E-state index in [1.807, 2.05) is 0 Å². The van der Waals surface area contributed by atoms with E-state index in [-0.39, 0.29) is 12.1 Å². The Morgan fingerprint density at radius 3 is 2.62 bits per heavy atom. The summed E-state index contributed by atoms with van der Waals surface area (Å²) in [5, 5.41) is 0. The van der Waals surface area contributed by atoms with Gasteiger partial charge in [0.05, 0.1) is 0 Å². The van der Waals surface area contributed by atoms with Crippen molar-refractivity contribution >= 4 is 11.7 Å². The Morgan fingerprint density at radius 2 is 2.06 bits per heavy atom. The molecule has 0 fully saturated rings. The number of aromatic nitrogens is 1. The van der Waals surface area contributed by atoms with Gasteiger partial charge < -0.3 is 15.0 Å². The van der Waals surface area contributed by atoms with Crippen molar-refractivity contribution in [3.63, 3.8) is 0 Å². The van der Waals surface area contributed by atoms with Gasteiger partial charge in [0, 0.05) is 18.0 Å². The minimum absolute atomic E-state index is 0.124. The van der Waals surface area contributed by atoms with Crippen LogP contribution in [0.15, 0.2) is 23.1 Å². The first kappa shape index (κ1) is 12.3. The number of hydrogen-bond acceptors (Lipinski definition) is 4. The quantitative estimate of drug-likeness (QED) is 0.753. The van der Waals surface area contributed by atoms with Crippen molar-refractivity contribution in [1.29, 1.82) is 0 Å². The molecule has 1 rings (SSSR count). The van der Waals surface area contributed by atoms with Crippen LogP contribution in [0.25, 0.3) is 0 Å². The first-order chi connectivity index (χ1) is 7.28. The fourth-order valence-corrected chi connectivity index (χ4v) is 1.19. The molecule has 0 aliphatic rings. The molecular weight excluding hydrogens is 208 g/mol. The summed E-state index contributed by atoms with van der Waals surface area (Å²) < 4.78 is 6.32. The molecule has 0 aromatic carbocycles. The second-order valence-electron chi connectivity index (χ2n) is 4.52. The zero-order chi connectivity index (χ0) is 12.3. The Hall–Kier alpha value is -1.78. The molecule has 88 valence electrons. The van der Waals surface area contributed by atoms with Crippen LogP contribution in [-0.4, -0.2) is 16.1 Å². The molecule has 0 unspecified atom stereocenters. The van der Waals surface area contributed by atoms with Crippen molar-refractivity contribution in [2.45, 2.75) is 32.9 Å². The van der Waals surface area contributed by atoms with E-state index in [0.717, 1.165) is 0 Å². The number of nitrogens with two attached hydrogens (primary N) is 1. The van der Waals surface area contributed by atoms with E-state index < -0.39 is 11.6 Å².